The first-order valence-electron chi connectivity index (χ1n) is 7.11. The Morgan fingerprint density at radius 1 is 1.12 bits per heavy atom. The molecule has 0 aliphatic carbocycles. The highest BCUT2D eigenvalue weighted by Crippen LogP contribution is 2.25. The number of hydrogen-bond acceptors (Lipinski definition) is 3. The van der Waals surface area contributed by atoms with Gasteiger partial charge < -0.3 is 10.6 Å². The molecule has 0 aromatic heterocycles. The first kappa shape index (κ1) is 17.9. The van der Waals surface area contributed by atoms with Crippen molar-refractivity contribution in [3.8, 4) is 6.07 Å². The molecule has 0 aliphatic rings. The van der Waals surface area contributed by atoms with Gasteiger partial charge >= 0.3 is 0 Å². The maximum Gasteiger partial charge on any atom is 0.267 e. The maximum atomic E-state index is 12.3. The molecule has 122 valence electrons. The number of amides is 1. The second-order valence-electron chi connectivity index (χ2n) is 5.21. The van der Waals surface area contributed by atoms with E-state index >= 15 is 0 Å². The van der Waals surface area contributed by atoms with Crippen LogP contribution in [0.25, 0.3) is 0 Å². The SMILES string of the molecule is Cc1ccc(NC(=O)/C(C#N)=C\Nc2cc(Cl)ccc2Cl)c(C)c1. The van der Waals surface area contributed by atoms with Gasteiger partial charge in [0.05, 0.1) is 10.7 Å². The van der Waals surface area contributed by atoms with Crippen molar-refractivity contribution in [3.05, 3.63) is 69.3 Å². The highest BCUT2D eigenvalue weighted by Gasteiger charge is 2.11. The molecule has 2 rings (SSSR count). The molecule has 0 spiro atoms. The van der Waals surface area contributed by atoms with Crippen LogP contribution in [0.1, 0.15) is 11.1 Å². The Morgan fingerprint density at radius 3 is 2.54 bits per heavy atom. The second-order valence-corrected chi connectivity index (χ2v) is 6.05. The van der Waals surface area contributed by atoms with Gasteiger partial charge in [-0.05, 0) is 43.7 Å². The van der Waals surface area contributed by atoms with Crippen LogP contribution in [0, 0.1) is 25.2 Å². The van der Waals surface area contributed by atoms with Gasteiger partial charge in [0.15, 0.2) is 0 Å². The summed E-state index contributed by atoms with van der Waals surface area (Å²) in [5.74, 6) is -0.505. The zero-order valence-electron chi connectivity index (χ0n) is 13.2. The summed E-state index contributed by atoms with van der Waals surface area (Å²) in [6, 6.07) is 12.4. The van der Waals surface area contributed by atoms with E-state index in [1.807, 2.05) is 32.0 Å². The molecule has 0 bridgehead atoms. The van der Waals surface area contributed by atoms with Gasteiger partial charge in [0.1, 0.15) is 11.6 Å². The van der Waals surface area contributed by atoms with E-state index in [-0.39, 0.29) is 5.57 Å². The summed E-state index contributed by atoms with van der Waals surface area (Å²) in [5.41, 5.74) is 3.11. The second kappa shape index (κ2) is 7.87. The lowest BCUT2D eigenvalue weighted by Gasteiger charge is -2.09. The van der Waals surface area contributed by atoms with Crippen LogP contribution < -0.4 is 10.6 Å². The molecule has 1 amide bonds. The van der Waals surface area contributed by atoms with E-state index in [1.165, 1.54) is 6.20 Å². The Labute approximate surface area is 150 Å². The Bertz CT molecular complexity index is 854. The zero-order valence-corrected chi connectivity index (χ0v) is 14.7. The van der Waals surface area contributed by atoms with Crippen LogP contribution in [-0.2, 0) is 4.79 Å². The first-order valence-corrected chi connectivity index (χ1v) is 7.87. The number of nitrogens with zero attached hydrogens (tertiary/aromatic N) is 1. The molecular weight excluding hydrogens is 345 g/mol. The lowest BCUT2D eigenvalue weighted by Crippen LogP contribution is -2.15. The fourth-order valence-electron chi connectivity index (χ4n) is 2.05. The Hall–Kier alpha value is -2.48. The average molecular weight is 360 g/mol. The predicted octanol–water partition coefficient (Wildman–Crippen LogP) is 5.07. The Balaban J connectivity index is 2.16. The van der Waals surface area contributed by atoms with Crippen LogP contribution in [0.5, 0.6) is 0 Å². The largest absolute Gasteiger partial charge is 0.359 e. The monoisotopic (exact) mass is 359 g/mol. The summed E-state index contributed by atoms with van der Waals surface area (Å²) in [6.07, 6.45) is 1.30. The molecule has 24 heavy (non-hydrogen) atoms. The Kier molecular flexibility index (Phi) is 5.86. The van der Waals surface area contributed by atoms with Gasteiger partial charge in [-0.25, -0.2) is 0 Å². The van der Waals surface area contributed by atoms with Gasteiger partial charge in [0, 0.05) is 16.9 Å². The van der Waals surface area contributed by atoms with Crippen LogP contribution in [-0.4, -0.2) is 5.91 Å². The van der Waals surface area contributed by atoms with Crippen LogP contribution in [0.4, 0.5) is 11.4 Å². The molecule has 0 heterocycles. The molecule has 2 aromatic carbocycles. The number of anilines is 2. The van der Waals surface area contributed by atoms with Crippen LogP contribution >= 0.6 is 23.2 Å². The minimum atomic E-state index is -0.505. The third-order valence-electron chi connectivity index (χ3n) is 3.30. The number of aryl methyl sites for hydroxylation is 2. The summed E-state index contributed by atoms with van der Waals surface area (Å²) in [4.78, 5) is 12.3. The van der Waals surface area contributed by atoms with Crippen molar-refractivity contribution in [2.75, 3.05) is 10.6 Å². The van der Waals surface area contributed by atoms with E-state index in [4.69, 9.17) is 23.2 Å². The number of nitriles is 1. The van der Waals surface area contributed by atoms with Crippen LogP contribution in [0.15, 0.2) is 48.2 Å². The number of carbonyl (C=O) groups is 1. The fraction of sp³-hybridized carbons (Fsp3) is 0.111. The highest BCUT2D eigenvalue weighted by atomic mass is 35.5. The van der Waals surface area contributed by atoms with Crippen molar-refractivity contribution in [2.45, 2.75) is 13.8 Å². The van der Waals surface area contributed by atoms with E-state index in [0.29, 0.717) is 21.4 Å². The number of rotatable bonds is 4. The molecule has 0 unspecified atom stereocenters. The van der Waals surface area contributed by atoms with Gasteiger partial charge in [-0.15, -0.1) is 0 Å². The molecule has 4 nitrogen and oxygen atoms in total. The zero-order chi connectivity index (χ0) is 17.7. The van der Waals surface area contributed by atoms with Crippen molar-refractivity contribution >= 4 is 40.5 Å². The molecule has 0 radical (unpaired) electrons. The smallest absolute Gasteiger partial charge is 0.267 e. The van der Waals surface area contributed by atoms with Crippen molar-refractivity contribution in [1.29, 1.82) is 5.26 Å². The van der Waals surface area contributed by atoms with Crippen molar-refractivity contribution in [1.82, 2.24) is 0 Å². The molecular formula is C18H15Cl2N3O. The number of nitrogens with one attached hydrogen (secondary N) is 2. The van der Waals surface area contributed by atoms with Gasteiger partial charge in [0.2, 0.25) is 0 Å². The third-order valence-corrected chi connectivity index (χ3v) is 3.86. The van der Waals surface area contributed by atoms with Crippen LogP contribution in [0.3, 0.4) is 0 Å². The van der Waals surface area contributed by atoms with Crippen molar-refractivity contribution in [2.24, 2.45) is 0 Å². The number of carbonyl (C=O) groups excluding carboxylic acids is 1. The predicted molar refractivity (Wildman–Crippen MR) is 98.3 cm³/mol. The lowest BCUT2D eigenvalue weighted by molar-refractivity contribution is -0.112. The molecule has 0 saturated carbocycles. The normalized spacial score (nSPS) is 10.9. The van der Waals surface area contributed by atoms with E-state index in [0.717, 1.165) is 11.1 Å². The van der Waals surface area contributed by atoms with Gasteiger partial charge in [-0.3, -0.25) is 4.79 Å². The highest BCUT2D eigenvalue weighted by molar-refractivity contribution is 6.35. The standard InChI is InChI=1S/C18H15Cl2N3O/c1-11-3-6-16(12(2)7-11)23-18(24)13(9-21)10-22-17-8-14(19)4-5-15(17)20/h3-8,10,22H,1-2H3,(H,23,24)/b13-10-. The summed E-state index contributed by atoms with van der Waals surface area (Å²) in [7, 11) is 0. The molecule has 0 aliphatic heterocycles. The molecule has 0 saturated heterocycles. The fourth-order valence-corrected chi connectivity index (χ4v) is 2.39. The number of halogens is 2. The quantitative estimate of drug-likeness (QED) is 0.591. The van der Waals surface area contributed by atoms with E-state index in [2.05, 4.69) is 10.6 Å². The summed E-state index contributed by atoms with van der Waals surface area (Å²) in [6.45, 7) is 3.86. The summed E-state index contributed by atoms with van der Waals surface area (Å²) >= 11 is 11.9. The van der Waals surface area contributed by atoms with E-state index in [1.54, 1.807) is 24.3 Å². The molecule has 2 aromatic rings. The summed E-state index contributed by atoms with van der Waals surface area (Å²) < 4.78 is 0. The Morgan fingerprint density at radius 2 is 1.88 bits per heavy atom. The first-order chi connectivity index (χ1) is 11.4. The molecule has 6 heteroatoms. The average Bonchev–Trinajstić information content (AvgIpc) is 2.54. The van der Waals surface area contributed by atoms with Crippen LogP contribution in [0.2, 0.25) is 10.0 Å². The lowest BCUT2D eigenvalue weighted by atomic mass is 10.1. The van der Waals surface area contributed by atoms with Crippen molar-refractivity contribution < 1.29 is 4.79 Å². The van der Waals surface area contributed by atoms with Gasteiger partial charge in [-0.1, -0.05) is 40.9 Å². The molecule has 2 N–H and O–H groups in total. The van der Waals surface area contributed by atoms with Crippen molar-refractivity contribution in [3.63, 3.8) is 0 Å². The van der Waals surface area contributed by atoms with E-state index < -0.39 is 5.91 Å². The molecule has 0 fully saturated rings. The summed E-state index contributed by atoms with van der Waals surface area (Å²) in [5, 5.41) is 15.7. The van der Waals surface area contributed by atoms with Gasteiger partial charge in [-0.2, -0.15) is 5.26 Å². The minimum Gasteiger partial charge on any atom is -0.359 e. The molecule has 0 atom stereocenters. The minimum absolute atomic E-state index is 0.0778. The van der Waals surface area contributed by atoms with Gasteiger partial charge in [0.25, 0.3) is 5.91 Å². The number of hydrogen-bond donors (Lipinski definition) is 2. The topological polar surface area (TPSA) is 64.9 Å². The maximum absolute atomic E-state index is 12.3. The third kappa shape index (κ3) is 4.51. The number of benzene rings is 2. The van der Waals surface area contributed by atoms with E-state index in [9.17, 15) is 10.1 Å².